The molecule has 0 atom stereocenters. The van der Waals surface area contributed by atoms with Gasteiger partial charge in [-0.3, -0.25) is 9.59 Å². The minimum atomic E-state index is -1.12. The van der Waals surface area contributed by atoms with Gasteiger partial charge in [-0.2, -0.15) is 0 Å². The van der Waals surface area contributed by atoms with E-state index >= 15 is 0 Å². The van der Waals surface area contributed by atoms with Crippen molar-refractivity contribution in [2.24, 2.45) is 0 Å². The molecule has 5 heteroatoms. The molecule has 0 amide bonds. The Morgan fingerprint density at radius 3 is 1.85 bits per heavy atom. The van der Waals surface area contributed by atoms with Gasteiger partial charge >= 0.3 is 5.97 Å². The zero-order valence-corrected chi connectivity index (χ0v) is 11.5. The first-order chi connectivity index (χ1) is 9.09. The van der Waals surface area contributed by atoms with E-state index in [1.54, 1.807) is 24.3 Å². The van der Waals surface area contributed by atoms with Crippen molar-refractivity contribution < 1.29 is 41.9 Å². The van der Waals surface area contributed by atoms with E-state index in [1.807, 2.05) is 0 Å². The van der Waals surface area contributed by atoms with Crippen LogP contribution >= 0.6 is 0 Å². The van der Waals surface area contributed by atoms with Crippen LogP contribution in [0.2, 0.25) is 0 Å². The fourth-order valence-corrected chi connectivity index (χ4v) is 2.23. The van der Waals surface area contributed by atoms with Crippen LogP contribution < -0.4 is 0 Å². The van der Waals surface area contributed by atoms with E-state index in [0.29, 0.717) is 11.1 Å². The van der Waals surface area contributed by atoms with Crippen molar-refractivity contribution >= 4 is 17.5 Å². The molecule has 0 saturated carbocycles. The van der Waals surface area contributed by atoms with Gasteiger partial charge in [0, 0.05) is 44.6 Å². The number of hydrogen-bond acceptors (Lipinski definition) is 3. The van der Waals surface area contributed by atoms with Crippen molar-refractivity contribution in [2.75, 3.05) is 0 Å². The number of benzene rings is 2. The van der Waals surface area contributed by atoms with Crippen LogP contribution in [0.1, 0.15) is 42.2 Å². The number of ketones is 2. The zero-order chi connectivity index (χ0) is 13.6. The van der Waals surface area contributed by atoms with Crippen LogP contribution in [0.15, 0.2) is 42.5 Å². The third kappa shape index (κ3) is 2.04. The second-order valence-corrected chi connectivity index (χ2v) is 4.27. The molecule has 0 spiro atoms. The Labute approximate surface area is 129 Å². The van der Waals surface area contributed by atoms with Crippen LogP contribution in [0.25, 0.3) is 0 Å². The average Bonchev–Trinajstić information content (AvgIpc) is 2.44. The molecule has 20 heavy (non-hydrogen) atoms. The van der Waals surface area contributed by atoms with E-state index in [2.05, 4.69) is 0 Å². The van der Waals surface area contributed by atoms with E-state index in [0.717, 1.165) is 0 Å². The molecule has 4 nitrogen and oxygen atoms in total. The number of carbonyl (C=O) groups excluding carboxylic acids is 2. The topological polar surface area (TPSA) is 71.4 Å². The smallest absolute Gasteiger partial charge is 0.335 e. The first-order valence-corrected chi connectivity index (χ1v) is 5.65. The molecule has 0 bridgehead atoms. The number of hydrogen-bond donors (Lipinski definition) is 1. The number of rotatable bonds is 1. The number of fused-ring (bicyclic) bond motifs is 2. The first-order valence-electron chi connectivity index (χ1n) is 5.65. The van der Waals surface area contributed by atoms with Gasteiger partial charge in [0.15, 0.2) is 11.6 Å². The normalized spacial score (nSPS) is 12.2. The van der Waals surface area contributed by atoms with Crippen molar-refractivity contribution in [3.63, 3.8) is 0 Å². The summed E-state index contributed by atoms with van der Waals surface area (Å²) >= 11 is 0. The molecule has 0 aromatic heterocycles. The summed E-state index contributed by atoms with van der Waals surface area (Å²) in [4.78, 5) is 35.4. The molecule has 0 heterocycles. The number of carboxylic acid groups (broad SMARTS) is 1. The van der Waals surface area contributed by atoms with Gasteiger partial charge < -0.3 is 5.11 Å². The van der Waals surface area contributed by atoms with Gasteiger partial charge in [-0.05, 0) is 18.2 Å². The van der Waals surface area contributed by atoms with Gasteiger partial charge in [-0.1, -0.05) is 24.3 Å². The molecule has 1 aliphatic rings. The quantitative estimate of drug-likeness (QED) is 0.676. The van der Waals surface area contributed by atoms with E-state index in [9.17, 15) is 14.4 Å². The Morgan fingerprint density at radius 2 is 1.30 bits per heavy atom. The van der Waals surface area contributed by atoms with Crippen LogP contribution in [0, 0.1) is 0 Å². The molecular weight excluding hydrogens is 352 g/mol. The molecule has 103 valence electrons. The summed E-state index contributed by atoms with van der Waals surface area (Å²) in [5.74, 6) is -1.68. The number of carbonyl (C=O) groups is 3. The van der Waals surface area contributed by atoms with Gasteiger partial charge in [0.1, 0.15) is 0 Å². The summed E-state index contributed by atoms with van der Waals surface area (Å²) in [5.41, 5.74) is 1.10. The minimum absolute atomic E-state index is 0. The van der Waals surface area contributed by atoms with Crippen LogP contribution in [-0.2, 0) is 22.4 Å². The Kier molecular flexibility index (Phi) is 3.72. The molecule has 0 saturated heterocycles. The van der Waals surface area contributed by atoms with Crippen molar-refractivity contribution in [1.29, 1.82) is 0 Å². The van der Waals surface area contributed by atoms with Crippen molar-refractivity contribution in [1.82, 2.24) is 0 Å². The van der Waals surface area contributed by atoms with E-state index in [-0.39, 0.29) is 50.6 Å². The Hall–Kier alpha value is -2.01. The fourth-order valence-electron chi connectivity index (χ4n) is 2.23. The fraction of sp³-hybridized carbons (Fsp3) is 0. The van der Waals surface area contributed by atoms with E-state index < -0.39 is 5.97 Å². The predicted molar refractivity (Wildman–Crippen MR) is 66.7 cm³/mol. The molecule has 0 unspecified atom stereocenters. The summed E-state index contributed by atoms with van der Waals surface area (Å²) in [7, 11) is 0. The molecule has 1 N–H and O–H groups in total. The monoisotopic (exact) mass is 359 g/mol. The molecule has 3 rings (SSSR count). The van der Waals surface area contributed by atoms with Crippen molar-refractivity contribution in [3.05, 3.63) is 70.3 Å². The second-order valence-electron chi connectivity index (χ2n) is 4.27. The third-order valence-corrected chi connectivity index (χ3v) is 3.17. The van der Waals surface area contributed by atoms with Gasteiger partial charge in [0.05, 0.1) is 5.56 Å². The molecular formula is C15H8AgO4. The Morgan fingerprint density at radius 1 is 0.800 bits per heavy atom. The maximum absolute atomic E-state index is 12.3. The van der Waals surface area contributed by atoms with Gasteiger partial charge in [0.2, 0.25) is 0 Å². The van der Waals surface area contributed by atoms with E-state index in [1.165, 1.54) is 18.2 Å². The van der Waals surface area contributed by atoms with Gasteiger partial charge in [-0.15, -0.1) is 0 Å². The Balaban J connectivity index is 0.00000147. The third-order valence-electron chi connectivity index (χ3n) is 3.17. The number of aromatic carboxylic acids is 1. The van der Waals surface area contributed by atoms with Crippen LogP contribution in [0.5, 0.6) is 0 Å². The van der Waals surface area contributed by atoms with E-state index in [4.69, 9.17) is 5.11 Å². The average molecular weight is 360 g/mol. The first kappa shape index (κ1) is 14.4. The maximum atomic E-state index is 12.3. The zero-order valence-electron chi connectivity index (χ0n) is 10.0. The minimum Gasteiger partial charge on any atom is -0.478 e. The number of carboxylic acids is 1. The standard InChI is InChI=1S/C15H8O4.Ag/c16-13-9-3-1-2-4-10(9)14(17)12-7-8(15(18)19)5-6-11(12)13;/h1-7H,(H,18,19);. The van der Waals surface area contributed by atoms with Gasteiger partial charge in [-0.25, -0.2) is 4.79 Å². The second kappa shape index (κ2) is 5.17. The summed E-state index contributed by atoms with van der Waals surface area (Å²) in [6.07, 6.45) is 0. The largest absolute Gasteiger partial charge is 0.478 e. The van der Waals surface area contributed by atoms with Crippen molar-refractivity contribution in [3.8, 4) is 0 Å². The maximum Gasteiger partial charge on any atom is 0.335 e. The van der Waals surface area contributed by atoms with Crippen LogP contribution in [0.3, 0.4) is 0 Å². The molecule has 1 aliphatic carbocycles. The van der Waals surface area contributed by atoms with Crippen LogP contribution in [-0.4, -0.2) is 22.6 Å². The van der Waals surface area contributed by atoms with Crippen molar-refractivity contribution in [2.45, 2.75) is 0 Å². The van der Waals surface area contributed by atoms with Gasteiger partial charge in [0.25, 0.3) is 0 Å². The summed E-state index contributed by atoms with van der Waals surface area (Å²) in [5, 5.41) is 8.94. The molecule has 2 aromatic rings. The summed E-state index contributed by atoms with van der Waals surface area (Å²) in [6, 6.07) is 10.5. The SMILES string of the molecule is O=C(O)c1ccc2c(c1)C(=O)c1ccccc1C2=O.[Ag]. The molecule has 0 aliphatic heterocycles. The summed E-state index contributed by atoms with van der Waals surface area (Å²) in [6.45, 7) is 0. The predicted octanol–water partition coefficient (Wildman–Crippen LogP) is 2.16. The van der Waals surface area contributed by atoms with Crippen LogP contribution in [0.4, 0.5) is 0 Å². The molecule has 2 aromatic carbocycles. The summed E-state index contributed by atoms with van der Waals surface area (Å²) < 4.78 is 0. The molecule has 0 fully saturated rings. The molecule has 1 radical (unpaired) electrons. The Bertz CT molecular complexity index is 749.